The maximum atomic E-state index is 13.3. The van der Waals surface area contributed by atoms with E-state index in [4.69, 9.17) is 9.47 Å². The fourth-order valence-electron chi connectivity index (χ4n) is 3.61. The van der Waals surface area contributed by atoms with E-state index >= 15 is 0 Å². The molecular weight excluding hydrogens is 466 g/mol. The van der Waals surface area contributed by atoms with Crippen molar-refractivity contribution in [1.29, 1.82) is 0 Å². The van der Waals surface area contributed by atoms with Gasteiger partial charge in [0, 0.05) is 44.4 Å². The fourth-order valence-corrected chi connectivity index (χ4v) is 5.26. The Morgan fingerprint density at radius 2 is 1.97 bits per heavy atom. The molecule has 34 heavy (non-hydrogen) atoms. The van der Waals surface area contributed by atoms with Crippen LogP contribution in [0.4, 0.5) is 5.69 Å². The summed E-state index contributed by atoms with van der Waals surface area (Å²) in [6.45, 7) is 6.61. The number of non-ortho nitro benzene ring substituents is 1. The molecule has 1 aliphatic heterocycles. The van der Waals surface area contributed by atoms with Gasteiger partial charge in [-0.3, -0.25) is 14.9 Å². The third-order valence-electron chi connectivity index (χ3n) is 5.42. The van der Waals surface area contributed by atoms with Gasteiger partial charge in [0.15, 0.2) is 5.69 Å². The fraction of sp³-hybridized carbons (Fsp3) is 0.524. The maximum absolute atomic E-state index is 13.3. The lowest BCUT2D eigenvalue weighted by atomic mass is 10.2. The largest absolute Gasteiger partial charge is 0.438 e. The number of hydrogen-bond donors (Lipinski definition) is 1. The third kappa shape index (κ3) is 5.21. The lowest BCUT2D eigenvalue weighted by Crippen LogP contribution is -2.28. The number of nitrogens with one attached hydrogen (secondary N) is 1. The topological polar surface area (TPSA) is 146 Å². The zero-order chi connectivity index (χ0) is 25.0. The van der Waals surface area contributed by atoms with E-state index in [0.29, 0.717) is 44.6 Å². The molecule has 0 aliphatic carbocycles. The molecule has 13 heteroatoms. The number of aromatic nitrogens is 2. The molecule has 1 fully saturated rings. The van der Waals surface area contributed by atoms with E-state index in [1.807, 2.05) is 13.8 Å². The number of methoxy groups -OCH3 is 1. The van der Waals surface area contributed by atoms with Crippen LogP contribution in [0.1, 0.15) is 48.8 Å². The number of sulfonamides is 1. The average Bonchev–Trinajstić information content (AvgIpc) is 3.43. The van der Waals surface area contributed by atoms with Crippen LogP contribution in [-0.4, -0.2) is 66.7 Å². The summed E-state index contributed by atoms with van der Waals surface area (Å²) in [7, 11) is -2.51. The molecule has 1 saturated heterocycles. The molecule has 1 aromatic heterocycles. The second kappa shape index (κ2) is 10.5. The first-order valence-corrected chi connectivity index (χ1v) is 12.3. The SMILES string of the molecule is COCCNC(=O)c1nn(C(C)C)c(Oc2ccc([N+](=O)[O-])cc2S(=O)(=O)N2CCCC2)c1C. The average molecular weight is 496 g/mol. The summed E-state index contributed by atoms with van der Waals surface area (Å²) in [4.78, 5) is 23.0. The predicted molar refractivity (Wildman–Crippen MR) is 123 cm³/mol. The van der Waals surface area contributed by atoms with Gasteiger partial charge in [-0.15, -0.1) is 0 Å². The monoisotopic (exact) mass is 495 g/mol. The minimum absolute atomic E-state index is 0.0752. The van der Waals surface area contributed by atoms with E-state index in [0.717, 1.165) is 6.07 Å². The van der Waals surface area contributed by atoms with E-state index in [2.05, 4.69) is 10.4 Å². The van der Waals surface area contributed by atoms with Gasteiger partial charge < -0.3 is 14.8 Å². The van der Waals surface area contributed by atoms with Crippen molar-refractivity contribution in [2.75, 3.05) is 33.4 Å². The van der Waals surface area contributed by atoms with Crippen LogP contribution in [0.15, 0.2) is 23.1 Å². The van der Waals surface area contributed by atoms with Gasteiger partial charge in [-0.25, -0.2) is 13.1 Å². The summed E-state index contributed by atoms with van der Waals surface area (Å²) < 4.78 is 40.4. The summed E-state index contributed by atoms with van der Waals surface area (Å²) in [5, 5.41) is 18.4. The summed E-state index contributed by atoms with van der Waals surface area (Å²) >= 11 is 0. The van der Waals surface area contributed by atoms with Gasteiger partial charge in [-0.2, -0.15) is 9.40 Å². The summed E-state index contributed by atoms with van der Waals surface area (Å²) in [6.07, 6.45) is 1.43. The Labute approximate surface area is 198 Å². The zero-order valence-corrected chi connectivity index (χ0v) is 20.4. The second-order valence-corrected chi connectivity index (χ2v) is 10.1. The van der Waals surface area contributed by atoms with Gasteiger partial charge in [-0.05, 0) is 39.7 Å². The van der Waals surface area contributed by atoms with Crippen molar-refractivity contribution in [1.82, 2.24) is 19.4 Å². The molecule has 2 aromatic rings. The molecule has 3 rings (SSSR count). The van der Waals surface area contributed by atoms with E-state index in [1.165, 1.54) is 28.2 Å². The summed E-state index contributed by atoms with van der Waals surface area (Å²) in [5.41, 5.74) is 0.176. The number of nitro groups is 1. The molecule has 0 atom stereocenters. The van der Waals surface area contributed by atoms with Crippen molar-refractivity contribution >= 4 is 21.6 Å². The number of carbonyl (C=O) groups excluding carboxylic acids is 1. The molecule has 0 bridgehead atoms. The van der Waals surface area contributed by atoms with Gasteiger partial charge in [0.25, 0.3) is 11.6 Å². The Morgan fingerprint density at radius 3 is 2.56 bits per heavy atom. The van der Waals surface area contributed by atoms with Crippen molar-refractivity contribution in [3.63, 3.8) is 0 Å². The maximum Gasteiger partial charge on any atom is 0.272 e. The molecule has 1 aliphatic rings. The zero-order valence-electron chi connectivity index (χ0n) is 19.6. The number of nitro benzene ring substituents is 1. The highest BCUT2D eigenvalue weighted by Gasteiger charge is 2.33. The minimum atomic E-state index is -4.03. The number of rotatable bonds is 10. The second-order valence-electron chi connectivity index (χ2n) is 8.17. The first-order valence-electron chi connectivity index (χ1n) is 10.9. The van der Waals surface area contributed by atoms with Crippen molar-refractivity contribution in [3.05, 3.63) is 39.6 Å². The van der Waals surface area contributed by atoms with Crippen molar-refractivity contribution in [2.24, 2.45) is 0 Å². The Morgan fingerprint density at radius 1 is 1.29 bits per heavy atom. The summed E-state index contributed by atoms with van der Waals surface area (Å²) in [6, 6.07) is 3.23. The van der Waals surface area contributed by atoms with Crippen LogP contribution in [0.3, 0.4) is 0 Å². The Bertz CT molecular complexity index is 1170. The molecular formula is C21H29N5O7S. The van der Waals surface area contributed by atoms with Gasteiger partial charge >= 0.3 is 0 Å². The highest BCUT2D eigenvalue weighted by atomic mass is 32.2. The highest BCUT2D eigenvalue weighted by molar-refractivity contribution is 7.89. The number of benzene rings is 1. The molecule has 0 spiro atoms. The van der Waals surface area contributed by atoms with Crippen LogP contribution < -0.4 is 10.1 Å². The molecule has 1 aromatic carbocycles. The predicted octanol–water partition coefficient (Wildman–Crippen LogP) is 2.63. The molecule has 1 N–H and O–H groups in total. The van der Waals surface area contributed by atoms with Crippen molar-refractivity contribution < 1.29 is 27.6 Å². The molecule has 12 nitrogen and oxygen atoms in total. The number of hydrogen-bond acceptors (Lipinski definition) is 8. The van der Waals surface area contributed by atoms with Gasteiger partial charge in [-0.1, -0.05) is 0 Å². The van der Waals surface area contributed by atoms with Crippen molar-refractivity contribution in [2.45, 2.75) is 44.6 Å². The molecule has 0 unspecified atom stereocenters. The lowest BCUT2D eigenvalue weighted by molar-refractivity contribution is -0.385. The van der Waals surface area contributed by atoms with Crippen molar-refractivity contribution in [3.8, 4) is 11.6 Å². The third-order valence-corrected chi connectivity index (χ3v) is 7.34. The van der Waals surface area contributed by atoms with E-state index < -0.39 is 20.9 Å². The number of amides is 1. The first-order chi connectivity index (χ1) is 16.1. The number of carbonyl (C=O) groups is 1. The smallest absolute Gasteiger partial charge is 0.272 e. The van der Waals surface area contributed by atoms with Gasteiger partial charge in [0.2, 0.25) is 15.9 Å². The van der Waals surface area contributed by atoms with Crippen LogP contribution in [0.5, 0.6) is 11.6 Å². The van der Waals surface area contributed by atoms with Crippen LogP contribution in [0, 0.1) is 17.0 Å². The molecule has 0 radical (unpaired) electrons. The normalized spacial score (nSPS) is 14.5. The molecule has 1 amide bonds. The van der Waals surface area contributed by atoms with Crippen LogP contribution in [0.25, 0.3) is 0 Å². The Balaban J connectivity index is 2.06. The number of nitrogens with zero attached hydrogens (tertiary/aromatic N) is 4. The van der Waals surface area contributed by atoms with Gasteiger partial charge in [0.05, 0.1) is 17.6 Å². The van der Waals surface area contributed by atoms with E-state index in [1.54, 1.807) is 6.92 Å². The van der Waals surface area contributed by atoms with Crippen LogP contribution in [0.2, 0.25) is 0 Å². The lowest BCUT2D eigenvalue weighted by Gasteiger charge is -2.19. The standard InChI is InChI=1S/C21H29N5O7S/c1-14(2)25-21(15(3)19(23-25)20(27)22-9-12-32-4)33-17-8-7-16(26(28)29)13-18(17)34(30,31)24-10-5-6-11-24/h7-8,13-14H,5-6,9-12H2,1-4H3,(H,22,27). The van der Waals surface area contributed by atoms with Gasteiger partial charge in [0.1, 0.15) is 10.6 Å². The molecule has 0 saturated carbocycles. The Kier molecular flexibility index (Phi) is 7.89. The Hall–Kier alpha value is -3.03. The van der Waals surface area contributed by atoms with E-state index in [9.17, 15) is 23.3 Å². The highest BCUT2D eigenvalue weighted by Crippen LogP contribution is 2.37. The molecule has 186 valence electrons. The summed E-state index contributed by atoms with van der Waals surface area (Å²) in [5.74, 6) is -0.320. The van der Waals surface area contributed by atoms with Crippen LogP contribution in [-0.2, 0) is 14.8 Å². The molecule has 2 heterocycles. The minimum Gasteiger partial charge on any atom is -0.438 e. The van der Waals surface area contributed by atoms with E-state index in [-0.39, 0.29) is 33.9 Å². The van der Waals surface area contributed by atoms with Crippen LogP contribution >= 0.6 is 0 Å². The number of ether oxygens (including phenoxy) is 2. The quantitative estimate of drug-likeness (QED) is 0.301. The first kappa shape index (κ1) is 25.6.